The second-order valence-electron chi connectivity index (χ2n) is 5.38. The molecule has 1 unspecified atom stereocenters. The molecule has 0 fully saturated rings. The van der Waals surface area contributed by atoms with Crippen LogP contribution in [-0.4, -0.2) is 26.1 Å². The summed E-state index contributed by atoms with van der Waals surface area (Å²) >= 11 is 1.59. The minimum Gasteiger partial charge on any atom is -0.256 e. The highest BCUT2D eigenvalue weighted by molar-refractivity contribution is 8.00. The van der Waals surface area contributed by atoms with Crippen molar-refractivity contribution in [3.05, 3.63) is 54.1 Å². The number of aliphatic imine (C=N–C) groups is 1. The second-order valence-corrected chi connectivity index (χ2v) is 8.81. The van der Waals surface area contributed by atoms with Gasteiger partial charge in [-0.25, -0.2) is 8.42 Å². The number of hydrogen-bond donors (Lipinski definition) is 0. The van der Waals surface area contributed by atoms with Crippen molar-refractivity contribution in [2.24, 2.45) is 4.99 Å². The van der Waals surface area contributed by atoms with Gasteiger partial charge in [0.1, 0.15) is 0 Å². The normalized spacial score (nSPS) is 13.3. The zero-order valence-electron chi connectivity index (χ0n) is 13.6. The summed E-state index contributed by atoms with van der Waals surface area (Å²) in [6, 6.07) is 15.0. The van der Waals surface area contributed by atoms with Crippen LogP contribution >= 0.6 is 11.8 Å². The van der Waals surface area contributed by atoms with Gasteiger partial charge in [0, 0.05) is 28.2 Å². The van der Waals surface area contributed by atoms with Crippen molar-refractivity contribution in [2.75, 3.05) is 6.26 Å². The fourth-order valence-electron chi connectivity index (χ4n) is 2.00. The Morgan fingerprint density at radius 3 is 2.43 bits per heavy atom. The Bertz CT molecular complexity index is 784. The Morgan fingerprint density at radius 1 is 1.13 bits per heavy atom. The Morgan fingerprint density at radius 2 is 1.83 bits per heavy atom. The van der Waals surface area contributed by atoms with Crippen LogP contribution in [0.25, 0.3) is 0 Å². The number of sulfone groups is 1. The molecule has 5 heteroatoms. The van der Waals surface area contributed by atoms with Gasteiger partial charge in [-0.3, -0.25) is 4.99 Å². The molecule has 0 aliphatic carbocycles. The molecule has 23 heavy (non-hydrogen) atoms. The Kier molecular flexibility index (Phi) is 6.02. The molecular formula is C18H21NO2S2. The van der Waals surface area contributed by atoms with E-state index in [1.54, 1.807) is 30.1 Å². The van der Waals surface area contributed by atoms with Gasteiger partial charge in [-0.2, -0.15) is 0 Å². The zero-order valence-corrected chi connectivity index (χ0v) is 15.2. The van der Waals surface area contributed by atoms with Gasteiger partial charge in [0.05, 0.1) is 10.6 Å². The monoisotopic (exact) mass is 347 g/mol. The minimum atomic E-state index is -3.28. The molecule has 122 valence electrons. The van der Waals surface area contributed by atoms with Gasteiger partial charge in [0.2, 0.25) is 0 Å². The Balaban J connectivity index is 2.48. The maximum atomic E-state index is 12.1. The van der Waals surface area contributed by atoms with Crippen LogP contribution in [0.1, 0.15) is 25.8 Å². The molecule has 0 N–H and O–H groups in total. The largest absolute Gasteiger partial charge is 0.256 e. The molecule has 0 aromatic heterocycles. The standard InChI is InChI=1S/C18H21NO2S2/c1-4-14(2)22-18-15(9-8-12-17(18)23(3,20)21)13-19-16-10-6-5-7-11-16/h5-14H,4H2,1-3H3. The molecule has 2 aromatic rings. The van der Waals surface area contributed by atoms with E-state index in [-0.39, 0.29) is 0 Å². The maximum absolute atomic E-state index is 12.1. The van der Waals surface area contributed by atoms with Gasteiger partial charge in [0.15, 0.2) is 9.84 Å². The molecule has 0 aliphatic heterocycles. The van der Waals surface area contributed by atoms with Crippen LogP contribution in [0.3, 0.4) is 0 Å². The van der Waals surface area contributed by atoms with E-state index in [1.807, 2.05) is 36.4 Å². The summed E-state index contributed by atoms with van der Waals surface area (Å²) in [5, 5.41) is 0.335. The molecule has 0 bridgehead atoms. The van der Waals surface area contributed by atoms with Crippen LogP contribution in [0.5, 0.6) is 0 Å². The Hall–Kier alpha value is -1.59. The molecule has 2 aromatic carbocycles. The highest BCUT2D eigenvalue weighted by atomic mass is 32.2. The summed E-state index contributed by atoms with van der Waals surface area (Å²) in [6.07, 6.45) is 3.97. The summed E-state index contributed by atoms with van der Waals surface area (Å²) in [6.45, 7) is 4.19. The lowest BCUT2D eigenvalue weighted by atomic mass is 10.2. The fraction of sp³-hybridized carbons (Fsp3) is 0.278. The first-order chi connectivity index (χ1) is 10.9. The van der Waals surface area contributed by atoms with Gasteiger partial charge in [-0.05, 0) is 24.6 Å². The van der Waals surface area contributed by atoms with Crippen molar-refractivity contribution in [1.29, 1.82) is 0 Å². The van der Waals surface area contributed by atoms with Crippen LogP contribution in [0.2, 0.25) is 0 Å². The third-order valence-corrected chi connectivity index (χ3v) is 6.11. The predicted octanol–water partition coefficient (Wildman–Crippen LogP) is 4.73. The molecule has 1 atom stereocenters. The third kappa shape index (κ3) is 4.94. The number of benzene rings is 2. The summed E-state index contributed by atoms with van der Waals surface area (Å²) < 4.78 is 24.2. The number of thioether (sulfide) groups is 1. The van der Waals surface area contributed by atoms with Crippen molar-refractivity contribution in [3.8, 4) is 0 Å². The summed E-state index contributed by atoms with van der Waals surface area (Å²) in [7, 11) is -3.28. The number of hydrogen-bond acceptors (Lipinski definition) is 4. The van der Waals surface area contributed by atoms with Crippen molar-refractivity contribution in [1.82, 2.24) is 0 Å². The predicted molar refractivity (Wildman–Crippen MR) is 98.9 cm³/mol. The molecule has 0 amide bonds. The molecule has 0 radical (unpaired) electrons. The van der Waals surface area contributed by atoms with E-state index >= 15 is 0 Å². The third-order valence-electron chi connectivity index (χ3n) is 3.41. The smallest absolute Gasteiger partial charge is 0.176 e. The lowest BCUT2D eigenvalue weighted by Crippen LogP contribution is -2.04. The van der Waals surface area contributed by atoms with Gasteiger partial charge >= 0.3 is 0 Å². The van der Waals surface area contributed by atoms with Crippen LogP contribution in [0.15, 0.2) is 63.3 Å². The van der Waals surface area contributed by atoms with E-state index in [4.69, 9.17) is 0 Å². The van der Waals surface area contributed by atoms with Crippen molar-refractivity contribution < 1.29 is 8.42 Å². The SMILES string of the molecule is CCC(C)Sc1c(C=Nc2ccccc2)cccc1S(C)(=O)=O. The van der Waals surface area contributed by atoms with Crippen LogP contribution in [0.4, 0.5) is 5.69 Å². The van der Waals surface area contributed by atoms with Crippen molar-refractivity contribution in [2.45, 2.75) is 35.3 Å². The number of rotatable bonds is 6. The minimum absolute atomic E-state index is 0.335. The van der Waals surface area contributed by atoms with Crippen LogP contribution in [-0.2, 0) is 9.84 Å². The van der Waals surface area contributed by atoms with Crippen molar-refractivity contribution in [3.63, 3.8) is 0 Å². The van der Waals surface area contributed by atoms with Crippen LogP contribution in [0, 0.1) is 0 Å². The number of nitrogens with zero attached hydrogens (tertiary/aromatic N) is 1. The first kappa shape index (κ1) is 17.8. The Labute approximate surface area is 142 Å². The highest BCUT2D eigenvalue weighted by Crippen LogP contribution is 2.33. The number of para-hydroxylation sites is 1. The molecular weight excluding hydrogens is 326 g/mol. The zero-order chi connectivity index (χ0) is 16.9. The molecule has 0 spiro atoms. The quantitative estimate of drug-likeness (QED) is 0.560. The van der Waals surface area contributed by atoms with E-state index in [1.165, 1.54) is 6.26 Å². The molecule has 2 rings (SSSR count). The van der Waals surface area contributed by atoms with Crippen LogP contribution < -0.4 is 0 Å². The topological polar surface area (TPSA) is 46.5 Å². The first-order valence-electron chi connectivity index (χ1n) is 7.50. The maximum Gasteiger partial charge on any atom is 0.176 e. The lowest BCUT2D eigenvalue weighted by molar-refractivity contribution is 0.600. The highest BCUT2D eigenvalue weighted by Gasteiger charge is 2.18. The first-order valence-corrected chi connectivity index (χ1v) is 10.3. The molecule has 0 aliphatic rings. The summed E-state index contributed by atoms with van der Waals surface area (Å²) in [5.74, 6) is 0. The van der Waals surface area contributed by atoms with E-state index in [9.17, 15) is 8.42 Å². The fourth-order valence-corrected chi connectivity index (χ4v) is 4.38. The van der Waals surface area contributed by atoms with E-state index in [0.29, 0.717) is 10.1 Å². The average molecular weight is 348 g/mol. The average Bonchev–Trinajstić information content (AvgIpc) is 2.53. The van der Waals surface area contributed by atoms with Gasteiger partial charge in [-0.1, -0.05) is 44.2 Å². The lowest BCUT2D eigenvalue weighted by Gasteiger charge is -2.14. The van der Waals surface area contributed by atoms with E-state index < -0.39 is 9.84 Å². The molecule has 3 nitrogen and oxygen atoms in total. The summed E-state index contributed by atoms with van der Waals surface area (Å²) in [4.78, 5) is 5.62. The van der Waals surface area contributed by atoms with Gasteiger partial charge < -0.3 is 0 Å². The second kappa shape index (κ2) is 7.79. The molecule has 0 heterocycles. The molecule has 0 saturated carbocycles. The summed E-state index contributed by atoms with van der Waals surface area (Å²) in [5.41, 5.74) is 1.68. The van der Waals surface area contributed by atoms with Gasteiger partial charge in [-0.15, -0.1) is 11.8 Å². The van der Waals surface area contributed by atoms with Gasteiger partial charge in [0.25, 0.3) is 0 Å². The van der Waals surface area contributed by atoms with Crippen molar-refractivity contribution >= 4 is 33.5 Å². The van der Waals surface area contributed by atoms with E-state index in [2.05, 4.69) is 18.8 Å². The van der Waals surface area contributed by atoms with E-state index in [0.717, 1.165) is 22.6 Å². The molecule has 0 saturated heterocycles.